The number of carboxylic acids is 1. The first-order valence-corrected chi connectivity index (χ1v) is 6.25. The molecule has 1 aliphatic carbocycles. The zero-order valence-electron chi connectivity index (χ0n) is 8.43. The molecule has 88 valence electrons. The van der Waals surface area contributed by atoms with Gasteiger partial charge >= 0.3 is 5.97 Å². The van der Waals surface area contributed by atoms with Crippen molar-refractivity contribution in [1.29, 1.82) is 0 Å². The summed E-state index contributed by atoms with van der Waals surface area (Å²) in [7, 11) is -3.88. The molecular weight excluding hydrogens is 222 g/mol. The molecule has 3 N–H and O–H groups in total. The fraction of sp³-hybridized carbons (Fsp3) is 0.875. The predicted molar refractivity (Wildman–Crippen MR) is 52.8 cm³/mol. The van der Waals surface area contributed by atoms with Gasteiger partial charge in [0.05, 0.1) is 5.60 Å². The third-order valence-corrected chi connectivity index (χ3v) is 4.38. The molecule has 1 atom stereocenters. The first-order chi connectivity index (χ1) is 6.77. The van der Waals surface area contributed by atoms with E-state index in [9.17, 15) is 18.3 Å². The van der Waals surface area contributed by atoms with Gasteiger partial charge in [-0.25, -0.2) is 13.1 Å². The molecule has 0 aromatic rings. The van der Waals surface area contributed by atoms with Crippen LogP contribution in [0.25, 0.3) is 0 Å². The fourth-order valence-electron chi connectivity index (χ4n) is 1.25. The second-order valence-electron chi connectivity index (χ2n) is 3.92. The molecule has 0 aliphatic heterocycles. The molecule has 15 heavy (non-hydrogen) atoms. The molecule has 1 saturated carbocycles. The molecule has 6 nitrogen and oxygen atoms in total. The first kappa shape index (κ1) is 12.4. The van der Waals surface area contributed by atoms with Crippen LogP contribution in [0.1, 0.15) is 26.2 Å². The number of nitrogens with one attached hydrogen (secondary N) is 1. The van der Waals surface area contributed by atoms with Crippen LogP contribution in [0.2, 0.25) is 0 Å². The van der Waals surface area contributed by atoms with Crippen molar-refractivity contribution in [3.63, 3.8) is 0 Å². The summed E-state index contributed by atoms with van der Waals surface area (Å²) < 4.78 is 24.8. The number of aliphatic carboxylic acids is 1. The molecule has 0 bridgehead atoms. The van der Waals surface area contributed by atoms with Crippen LogP contribution < -0.4 is 4.72 Å². The maximum atomic E-state index is 11.4. The number of carboxylic acid groups (broad SMARTS) is 1. The number of rotatable bonds is 5. The molecule has 1 unspecified atom stereocenters. The van der Waals surface area contributed by atoms with Crippen molar-refractivity contribution >= 4 is 16.0 Å². The average molecular weight is 237 g/mol. The molecule has 0 aromatic heterocycles. The second-order valence-corrected chi connectivity index (χ2v) is 6.01. The fourth-order valence-corrected chi connectivity index (χ4v) is 2.24. The van der Waals surface area contributed by atoms with E-state index in [1.54, 1.807) is 0 Å². The standard InChI is InChI=1S/C8H15NO5S/c1-6(7(10)11)15(13,14)9-5-8(12)3-2-4-8/h6,9,12H,2-5H2,1H3,(H,10,11). The minimum absolute atomic E-state index is 0.104. The lowest BCUT2D eigenvalue weighted by molar-refractivity contribution is -0.136. The molecule has 0 aromatic carbocycles. The Morgan fingerprint density at radius 3 is 2.40 bits per heavy atom. The van der Waals surface area contributed by atoms with E-state index in [1.165, 1.54) is 0 Å². The summed E-state index contributed by atoms with van der Waals surface area (Å²) in [5.41, 5.74) is -0.981. The Morgan fingerprint density at radius 1 is 1.53 bits per heavy atom. The van der Waals surface area contributed by atoms with Crippen LogP contribution in [0.15, 0.2) is 0 Å². The van der Waals surface area contributed by atoms with Crippen LogP contribution in [0.4, 0.5) is 0 Å². The van der Waals surface area contributed by atoms with Gasteiger partial charge in [0.15, 0.2) is 5.25 Å². The lowest BCUT2D eigenvalue weighted by atomic mass is 9.81. The summed E-state index contributed by atoms with van der Waals surface area (Å²) in [5.74, 6) is -1.40. The summed E-state index contributed by atoms with van der Waals surface area (Å²) in [5, 5.41) is 16.7. The van der Waals surface area contributed by atoms with Crippen LogP contribution in [0.3, 0.4) is 0 Å². The summed E-state index contributed by atoms with van der Waals surface area (Å²) in [6.07, 6.45) is 1.97. The molecule has 1 aliphatic rings. The summed E-state index contributed by atoms with van der Waals surface area (Å²) in [4.78, 5) is 10.5. The monoisotopic (exact) mass is 237 g/mol. The minimum Gasteiger partial charge on any atom is -0.480 e. The van der Waals surface area contributed by atoms with Crippen molar-refractivity contribution in [2.45, 2.75) is 37.0 Å². The maximum absolute atomic E-state index is 11.4. The van der Waals surface area contributed by atoms with Crippen molar-refractivity contribution in [3.05, 3.63) is 0 Å². The number of sulfonamides is 1. The highest BCUT2D eigenvalue weighted by Crippen LogP contribution is 2.30. The van der Waals surface area contributed by atoms with E-state index < -0.39 is 26.8 Å². The molecule has 0 heterocycles. The predicted octanol–water partition coefficient (Wildman–Crippen LogP) is -0.706. The van der Waals surface area contributed by atoms with Gasteiger partial charge in [0.2, 0.25) is 10.0 Å². The zero-order valence-corrected chi connectivity index (χ0v) is 9.25. The molecule has 1 fully saturated rings. The van der Waals surface area contributed by atoms with Gasteiger partial charge in [0.25, 0.3) is 0 Å². The average Bonchev–Trinajstić information content (AvgIpc) is 2.10. The highest BCUT2D eigenvalue weighted by molar-refractivity contribution is 7.90. The Morgan fingerprint density at radius 2 is 2.07 bits per heavy atom. The molecule has 1 rings (SSSR count). The van der Waals surface area contributed by atoms with E-state index in [-0.39, 0.29) is 6.54 Å². The van der Waals surface area contributed by atoms with Crippen LogP contribution >= 0.6 is 0 Å². The Balaban J connectivity index is 2.53. The zero-order chi connectivity index (χ0) is 11.7. The van der Waals surface area contributed by atoms with Gasteiger partial charge in [-0.3, -0.25) is 4.79 Å². The van der Waals surface area contributed by atoms with E-state index in [1.807, 2.05) is 0 Å². The van der Waals surface area contributed by atoms with E-state index in [0.29, 0.717) is 12.8 Å². The Hall–Kier alpha value is -0.660. The van der Waals surface area contributed by atoms with Gasteiger partial charge in [-0.1, -0.05) is 0 Å². The van der Waals surface area contributed by atoms with Gasteiger partial charge in [0, 0.05) is 6.54 Å². The molecule has 7 heteroatoms. The molecule has 0 spiro atoms. The van der Waals surface area contributed by atoms with Gasteiger partial charge < -0.3 is 10.2 Å². The highest BCUT2D eigenvalue weighted by atomic mass is 32.2. The molecule has 0 saturated heterocycles. The van der Waals surface area contributed by atoms with Crippen molar-refractivity contribution in [2.75, 3.05) is 6.54 Å². The van der Waals surface area contributed by atoms with Gasteiger partial charge in [0.1, 0.15) is 0 Å². The van der Waals surface area contributed by atoms with E-state index in [2.05, 4.69) is 4.72 Å². The van der Waals surface area contributed by atoms with E-state index in [4.69, 9.17) is 5.11 Å². The molecular formula is C8H15NO5S. The lowest BCUT2D eigenvalue weighted by Gasteiger charge is -2.36. The summed E-state index contributed by atoms with van der Waals surface area (Å²) >= 11 is 0. The van der Waals surface area contributed by atoms with Crippen molar-refractivity contribution < 1.29 is 23.4 Å². The Kier molecular flexibility index (Phi) is 3.37. The number of aliphatic hydroxyl groups is 1. The largest absolute Gasteiger partial charge is 0.480 e. The summed E-state index contributed by atoms with van der Waals surface area (Å²) in [6.45, 7) is 0.989. The second kappa shape index (κ2) is 4.07. The van der Waals surface area contributed by atoms with Crippen LogP contribution in [0, 0.1) is 0 Å². The topological polar surface area (TPSA) is 104 Å². The van der Waals surface area contributed by atoms with Crippen LogP contribution in [-0.4, -0.2) is 42.0 Å². The quantitative estimate of drug-likeness (QED) is 0.586. The number of carbonyl (C=O) groups is 1. The SMILES string of the molecule is CC(C(=O)O)S(=O)(=O)NCC1(O)CCC1. The molecule has 0 radical (unpaired) electrons. The van der Waals surface area contributed by atoms with Gasteiger partial charge in [-0.15, -0.1) is 0 Å². The third-order valence-electron chi connectivity index (χ3n) is 2.70. The van der Waals surface area contributed by atoms with E-state index >= 15 is 0 Å². The summed E-state index contributed by atoms with van der Waals surface area (Å²) in [6, 6.07) is 0. The smallest absolute Gasteiger partial charge is 0.323 e. The van der Waals surface area contributed by atoms with Crippen molar-refractivity contribution in [1.82, 2.24) is 4.72 Å². The van der Waals surface area contributed by atoms with Crippen LogP contribution in [0.5, 0.6) is 0 Å². The Labute approximate surface area is 88.3 Å². The number of hydrogen-bond acceptors (Lipinski definition) is 4. The van der Waals surface area contributed by atoms with E-state index in [0.717, 1.165) is 13.3 Å². The third kappa shape index (κ3) is 2.90. The highest BCUT2D eigenvalue weighted by Gasteiger charge is 2.37. The van der Waals surface area contributed by atoms with Crippen molar-refractivity contribution in [2.24, 2.45) is 0 Å². The van der Waals surface area contributed by atoms with Crippen LogP contribution in [-0.2, 0) is 14.8 Å². The minimum atomic E-state index is -3.88. The van der Waals surface area contributed by atoms with Gasteiger partial charge in [-0.05, 0) is 26.2 Å². The molecule has 0 amide bonds. The Bertz CT molecular complexity index is 346. The van der Waals surface area contributed by atoms with Gasteiger partial charge in [-0.2, -0.15) is 0 Å². The maximum Gasteiger partial charge on any atom is 0.323 e. The first-order valence-electron chi connectivity index (χ1n) is 4.70. The normalized spacial score (nSPS) is 21.7. The number of hydrogen-bond donors (Lipinski definition) is 3. The van der Waals surface area contributed by atoms with Crippen molar-refractivity contribution in [3.8, 4) is 0 Å². The lowest BCUT2D eigenvalue weighted by Crippen LogP contribution is -2.50.